The fourth-order valence-electron chi connectivity index (χ4n) is 2.91. The lowest BCUT2D eigenvalue weighted by molar-refractivity contribution is 0.174. The highest BCUT2D eigenvalue weighted by Crippen LogP contribution is 2.34. The molecule has 3 aromatic rings. The molecule has 0 fully saturated rings. The number of aromatic nitrogens is 1. The first kappa shape index (κ1) is 13.9. The van der Waals surface area contributed by atoms with Crippen molar-refractivity contribution in [3.63, 3.8) is 0 Å². The number of hydrogen-bond donors (Lipinski definition) is 1. The largest absolute Gasteiger partial charge is 0.454 e. The van der Waals surface area contributed by atoms with Crippen LogP contribution in [0.1, 0.15) is 24.1 Å². The molecule has 0 spiro atoms. The monoisotopic (exact) mass is 306 g/mol. The van der Waals surface area contributed by atoms with Crippen LogP contribution in [-0.4, -0.2) is 11.8 Å². The molecule has 1 atom stereocenters. The van der Waals surface area contributed by atoms with Crippen LogP contribution in [0, 0.1) is 6.92 Å². The molecule has 2 heterocycles. The maximum Gasteiger partial charge on any atom is 0.231 e. The summed E-state index contributed by atoms with van der Waals surface area (Å²) in [6, 6.07) is 16.4. The van der Waals surface area contributed by atoms with Crippen LogP contribution in [0.5, 0.6) is 11.5 Å². The fourth-order valence-corrected chi connectivity index (χ4v) is 2.91. The Morgan fingerprint density at radius 1 is 1.04 bits per heavy atom. The Labute approximate surface area is 135 Å². The molecule has 1 aromatic heterocycles. The lowest BCUT2D eigenvalue weighted by Crippen LogP contribution is -2.08. The summed E-state index contributed by atoms with van der Waals surface area (Å²) in [6.45, 7) is 4.52. The molecule has 0 saturated carbocycles. The Morgan fingerprint density at radius 3 is 2.78 bits per heavy atom. The first-order valence-corrected chi connectivity index (χ1v) is 7.73. The zero-order valence-corrected chi connectivity index (χ0v) is 13.2. The van der Waals surface area contributed by atoms with E-state index in [2.05, 4.69) is 37.4 Å². The topological polar surface area (TPSA) is 43.4 Å². The Hall–Kier alpha value is -2.75. The lowest BCUT2D eigenvalue weighted by Gasteiger charge is -2.16. The second-order valence-electron chi connectivity index (χ2n) is 5.82. The van der Waals surface area contributed by atoms with E-state index in [4.69, 9.17) is 14.5 Å². The second kappa shape index (κ2) is 5.47. The smallest absolute Gasteiger partial charge is 0.231 e. The summed E-state index contributed by atoms with van der Waals surface area (Å²) in [7, 11) is 0. The van der Waals surface area contributed by atoms with Crippen molar-refractivity contribution in [3.8, 4) is 11.5 Å². The van der Waals surface area contributed by atoms with Gasteiger partial charge in [-0.15, -0.1) is 0 Å². The Morgan fingerprint density at radius 2 is 1.87 bits per heavy atom. The third kappa shape index (κ3) is 2.57. The van der Waals surface area contributed by atoms with Crippen LogP contribution in [-0.2, 0) is 0 Å². The van der Waals surface area contributed by atoms with Crippen molar-refractivity contribution in [2.24, 2.45) is 0 Å². The zero-order valence-electron chi connectivity index (χ0n) is 13.2. The summed E-state index contributed by atoms with van der Waals surface area (Å²) < 4.78 is 10.8. The van der Waals surface area contributed by atoms with Gasteiger partial charge in [-0.1, -0.05) is 24.3 Å². The van der Waals surface area contributed by atoms with Crippen LogP contribution in [0.25, 0.3) is 10.9 Å². The van der Waals surface area contributed by atoms with Gasteiger partial charge in [0.25, 0.3) is 0 Å². The van der Waals surface area contributed by atoms with Gasteiger partial charge in [0.1, 0.15) is 5.82 Å². The fraction of sp³-hybridized carbons (Fsp3) is 0.211. The van der Waals surface area contributed by atoms with Crippen molar-refractivity contribution < 1.29 is 9.47 Å². The highest BCUT2D eigenvalue weighted by atomic mass is 16.7. The molecule has 0 unspecified atom stereocenters. The third-order valence-corrected chi connectivity index (χ3v) is 4.18. The van der Waals surface area contributed by atoms with Gasteiger partial charge >= 0.3 is 0 Å². The predicted octanol–water partition coefficient (Wildman–Crippen LogP) is 4.45. The van der Waals surface area contributed by atoms with Crippen LogP contribution >= 0.6 is 0 Å². The van der Waals surface area contributed by atoms with E-state index in [9.17, 15) is 0 Å². The van der Waals surface area contributed by atoms with Crippen molar-refractivity contribution in [1.82, 2.24) is 4.98 Å². The minimum absolute atomic E-state index is 0.123. The molecule has 116 valence electrons. The SMILES string of the molecule is Cc1cc(N[C@H](C)c2ccc3c(c2)OCO3)nc2ccccc12. The maximum absolute atomic E-state index is 5.45. The van der Waals surface area contributed by atoms with E-state index in [0.717, 1.165) is 28.4 Å². The van der Waals surface area contributed by atoms with Gasteiger partial charge in [-0.05, 0) is 49.2 Å². The number of nitrogens with one attached hydrogen (secondary N) is 1. The Kier molecular flexibility index (Phi) is 3.30. The number of rotatable bonds is 3. The van der Waals surface area contributed by atoms with E-state index in [0.29, 0.717) is 6.79 Å². The van der Waals surface area contributed by atoms with Crippen LogP contribution in [0.15, 0.2) is 48.5 Å². The summed E-state index contributed by atoms with van der Waals surface area (Å²) in [5.41, 5.74) is 3.37. The molecular formula is C19H18N2O2. The zero-order chi connectivity index (χ0) is 15.8. The summed E-state index contributed by atoms with van der Waals surface area (Å²) in [6.07, 6.45) is 0. The maximum atomic E-state index is 5.45. The van der Waals surface area contributed by atoms with Gasteiger partial charge in [0.15, 0.2) is 11.5 Å². The average Bonchev–Trinajstić information content (AvgIpc) is 3.02. The van der Waals surface area contributed by atoms with Crippen LogP contribution in [0.3, 0.4) is 0 Å². The molecule has 0 radical (unpaired) electrons. The summed E-state index contributed by atoms with van der Waals surface area (Å²) >= 11 is 0. The van der Waals surface area contributed by atoms with E-state index in [1.165, 1.54) is 10.9 Å². The van der Waals surface area contributed by atoms with E-state index in [1.54, 1.807) is 0 Å². The van der Waals surface area contributed by atoms with Crippen molar-refractivity contribution in [2.75, 3.05) is 12.1 Å². The number of aryl methyl sites for hydroxylation is 1. The minimum atomic E-state index is 0.123. The minimum Gasteiger partial charge on any atom is -0.454 e. The highest BCUT2D eigenvalue weighted by molar-refractivity contribution is 5.83. The van der Waals surface area contributed by atoms with E-state index in [-0.39, 0.29) is 6.04 Å². The quantitative estimate of drug-likeness (QED) is 0.776. The molecule has 1 aliphatic heterocycles. The molecule has 4 nitrogen and oxygen atoms in total. The Bertz CT molecular complexity index is 876. The molecule has 4 heteroatoms. The number of para-hydroxylation sites is 1. The molecule has 0 aliphatic carbocycles. The third-order valence-electron chi connectivity index (χ3n) is 4.18. The number of ether oxygens (including phenoxy) is 2. The second-order valence-corrected chi connectivity index (χ2v) is 5.82. The van der Waals surface area contributed by atoms with Gasteiger partial charge in [0, 0.05) is 5.39 Å². The molecule has 1 N–H and O–H groups in total. The van der Waals surface area contributed by atoms with E-state index >= 15 is 0 Å². The number of pyridine rings is 1. The van der Waals surface area contributed by atoms with E-state index < -0.39 is 0 Å². The number of benzene rings is 2. The molecular weight excluding hydrogens is 288 g/mol. The van der Waals surface area contributed by atoms with Gasteiger partial charge in [-0.25, -0.2) is 4.98 Å². The summed E-state index contributed by atoms with van der Waals surface area (Å²) in [5, 5.41) is 4.66. The van der Waals surface area contributed by atoms with Crippen LogP contribution in [0.4, 0.5) is 5.82 Å². The van der Waals surface area contributed by atoms with Crippen molar-refractivity contribution in [2.45, 2.75) is 19.9 Å². The molecule has 2 aromatic carbocycles. The number of hydrogen-bond acceptors (Lipinski definition) is 4. The molecule has 0 bridgehead atoms. The van der Waals surface area contributed by atoms with Gasteiger partial charge in [0.05, 0.1) is 11.6 Å². The van der Waals surface area contributed by atoms with Gasteiger partial charge in [-0.3, -0.25) is 0 Å². The standard InChI is InChI=1S/C19H18N2O2/c1-12-9-19(21-16-6-4-3-5-15(12)16)20-13(2)14-7-8-17-18(10-14)23-11-22-17/h3-10,13H,11H2,1-2H3,(H,20,21)/t13-/m1/s1. The first-order chi connectivity index (χ1) is 11.2. The first-order valence-electron chi connectivity index (χ1n) is 7.73. The summed E-state index contributed by atoms with van der Waals surface area (Å²) in [4.78, 5) is 4.71. The van der Waals surface area contributed by atoms with Crippen LogP contribution in [0.2, 0.25) is 0 Å². The van der Waals surface area contributed by atoms with Crippen molar-refractivity contribution in [3.05, 3.63) is 59.7 Å². The van der Waals surface area contributed by atoms with Gasteiger partial charge in [-0.2, -0.15) is 0 Å². The molecule has 0 amide bonds. The molecule has 1 aliphatic rings. The average molecular weight is 306 g/mol. The normalized spacial score (nSPS) is 14.0. The Balaban J connectivity index is 1.62. The lowest BCUT2D eigenvalue weighted by atomic mass is 10.1. The molecule has 4 rings (SSSR count). The van der Waals surface area contributed by atoms with Gasteiger partial charge < -0.3 is 14.8 Å². The molecule has 23 heavy (non-hydrogen) atoms. The number of fused-ring (bicyclic) bond motifs is 2. The predicted molar refractivity (Wildman–Crippen MR) is 91.1 cm³/mol. The molecule has 0 saturated heterocycles. The number of anilines is 1. The van der Waals surface area contributed by atoms with Gasteiger partial charge in [0.2, 0.25) is 6.79 Å². The van der Waals surface area contributed by atoms with Crippen molar-refractivity contribution >= 4 is 16.7 Å². The number of nitrogens with zero attached hydrogens (tertiary/aromatic N) is 1. The highest BCUT2D eigenvalue weighted by Gasteiger charge is 2.16. The van der Waals surface area contributed by atoms with Crippen molar-refractivity contribution in [1.29, 1.82) is 0 Å². The van der Waals surface area contributed by atoms with E-state index in [1.807, 2.05) is 30.3 Å². The van der Waals surface area contributed by atoms with Crippen LogP contribution < -0.4 is 14.8 Å². The summed E-state index contributed by atoms with van der Waals surface area (Å²) in [5.74, 6) is 2.49.